The minimum absolute atomic E-state index is 0.0318. The van der Waals surface area contributed by atoms with E-state index in [-0.39, 0.29) is 37.5 Å². The van der Waals surface area contributed by atoms with E-state index in [0.29, 0.717) is 0 Å². The Morgan fingerprint density at radius 2 is 1.87 bits per heavy atom. The maximum Gasteiger partial charge on any atom is 0.307 e. The van der Waals surface area contributed by atoms with Crippen molar-refractivity contribution in [2.75, 3.05) is 26.7 Å². The summed E-state index contributed by atoms with van der Waals surface area (Å²) >= 11 is 0. The van der Waals surface area contributed by atoms with Crippen LogP contribution < -0.4 is 5.32 Å². The topological polar surface area (TPSA) is 75.7 Å². The van der Waals surface area contributed by atoms with Crippen LogP contribution in [0.4, 0.5) is 8.78 Å². The van der Waals surface area contributed by atoms with Crippen LogP contribution in [0, 0.1) is 11.6 Å². The largest absolute Gasteiger partial charge is 0.469 e. The molecule has 2 amide bonds. The van der Waals surface area contributed by atoms with Crippen molar-refractivity contribution in [3.05, 3.63) is 35.4 Å². The van der Waals surface area contributed by atoms with Gasteiger partial charge in [-0.3, -0.25) is 14.4 Å². The fourth-order valence-corrected chi connectivity index (χ4v) is 1.82. The second-order valence-corrected chi connectivity index (χ2v) is 4.73. The third-order valence-corrected chi connectivity index (χ3v) is 3.02. The minimum Gasteiger partial charge on any atom is -0.469 e. The van der Waals surface area contributed by atoms with E-state index in [2.05, 4.69) is 10.1 Å². The van der Waals surface area contributed by atoms with Crippen LogP contribution in [0.3, 0.4) is 0 Å². The highest BCUT2D eigenvalue weighted by Gasteiger charge is 2.18. The van der Waals surface area contributed by atoms with Crippen molar-refractivity contribution < 1.29 is 27.9 Å². The number of halogens is 2. The van der Waals surface area contributed by atoms with Gasteiger partial charge in [-0.05, 0) is 18.2 Å². The Balaban J connectivity index is 2.82. The summed E-state index contributed by atoms with van der Waals surface area (Å²) in [6.07, 6.45) is -0.0496. The molecule has 0 bridgehead atoms. The highest BCUT2D eigenvalue weighted by Crippen LogP contribution is 2.11. The maximum absolute atomic E-state index is 13.3. The normalized spacial score (nSPS) is 10.1. The molecule has 23 heavy (non-hydrogen) atoms. The molecule has 0 saturated heterocycles. The minimum atomic E-state index is -1.13. The summed E-state index contributed by atoms with van der Waals surface area (Å²) in [5.41, 5.74) is -0.0448. The summed E-state index contributed by atoms with van der Waals surface area (Å²) < 4.78 is 30.7. The lowest BCUT2D eigenvalue weighted by atomic mass is 10.1. The smallest absolute Gasteiger partial charge is 0.307 e. The van der Waals surface area contributed by atoms with Gasteiger partial charge >= 0.3 is 5.97 Å². The van der Waals surface area contributed by atoms with Gasteiger partial charge < -0.3 is 15.0 Å². The molecule has 0 saturated carbocycles. The second-order valence-electron chi connectivity index (χ2n) is 4.73. The second kappa shape index (κ2) is 8.82. The molecular formula is C15H18F2N2O4. The van der Waals surface area contributed by atoms with Crippen molar-refractivity contribution in [1.29, 1.82) is 0 Å². The number of esters is 1. The molecule has 0 fully saturated rings. The van der Waals surface area contributed by atoms with Crippen LogP contribution in [0.5, 0.6) is 0 Å². The number of carbonyl (C=O) groups excluding carboxylic acids is 3. The molecule has 0 unspecified atom stereocenters. The zero-order valence-electron chi connectivity index (χ0n) is 12.9. The van der Waals surface area contributed by atoms with Crippen LogP contribution in [0.25, 0.3) is 0 Å². The molecule has 6 nitrogen and oxygen atoms in total. The molecule has 1 rings (SSSR count). The number of nitrogens with one attached hydrogen (secondary N) is 1. The Kier molecular flexibility index (Phi) is 7.11. The predicted molar refractivity (Wildman–Crippen MR) is 77.6 cm³/mol. The maximum atomic E-state index is 13.3. The first kappa shape index (κ1) is 18.5. The number of hydrogen-bond acceptors (Lipinski definition) is 4. The molecule has 8 heteroatoms. The van der Waals surface area contributed by atoms with Gasteiger partial charge in [-0.25, -0.2) is 8.78 Å². The van der Waals surface area contributed by atoms with Crippen molar-refractivity contribution >= 4 is 17.8 Å². The number of rotatable bonds is 7. The zero-order chi connectivity index (χ0) is 17.4. The first-order valence-electron chi connectivity index (χ1n) is 6.90. The molecule has 0 radical (unpaired) electrons. The summed E-state index contributed by atoms with van der Waals surface area (Å²) in [7, 11) is 1.22. The summed E-state index contributed by atoms with van der Waals surface area (Å²) in [6.45, 7) is 1.65. The number of hydrogen-bond donors (Lipinski definition) is 1. The molecular weight excluding hydrogens is 310 g/mol. The third kappa shape index (κ3) is 6.01. The summed E-state index contributed by atoms with van der Waals surface area (Å²) in [5, 5.41) is 2.52. The molecule has 0 aromatic heterocycles. The first-order chi connectivity index (χ1) is 10.8. The van der Waals surface area contributed by atoms with Crippen molar-refractivity contribution in [1.82, 2.24) is 10.2 Å². The van der Waals surface area contributed by atoms with Gasteiger partial charge in [-0.15, -0.1) is 0 Å². The Hall–Kier alpha value is -2.51. The van der Waals surface area contributed by atoms with E-state index in [1.807, 2.05) is 0 Å². The predicted octanol–water partition coefficient (Wildman–Crippen LogP) is 1.11. The number of ether oxygens (including phenoxy) is 1. The van der Waals surface area contributed by atoms with Gasteiger partial charge in [0.15, 0.2) is 11.6 Å². The molecule has 0 spiro atoms. The van der Waals surface area contributed by atoms with E-state index in [4.69, 9.17) is 0 Å². The molecule has 0 atom stereocenters. The van der Waals surface area contributed by atoms with Crippen molar-refractivity contribution in [3.63, 3.8) is 0 Å². The van der Waals surface area contributed by atoms with Gasteiger partial charge in [-0.2, -0.15) is 0 Å². The lowest BCUT2D eigenvalue weighted by Gasteiger charge is -2.22. The van der Waals surface area contributed by atoms with Crippen molar-refractivity contribution in [2.45, 2.75) is 13.3 Å². The van der Waals surface area contributed by atoms with Crippen LogP contribution in [0.1, 0.15) is 23.7 Å². The van der Waals surface area contributed by atoms with E-state index in [1.165, 1.54) is 18.9 Å². The molecule has 0 heterocycles. The number of methoxy groups -OCH3 is 1. The van der Waals surface area contributed by atoms with Crippen LogP contribution >= 0.6 is 0 Å². The highest BCUT2D eigenvalue weighted by molar-refractivity contribution is 5.94. The lowest BCUT2D eigenvalue weighted by molar-refractivity contribution is -0.140. The fourth-order valence-electron chi connectivity index (χ4n) is 1.82. The Bertz CT molecular complexity index is 593. The first-order valence-corrected chi connectivity index (χ1v) is 6.90. The molecule has 1 aromatic carbocycles. The Morgan fingerprint density at radius 1 is 1.17 bits per heavy atom. The van der Waals surface area contributed by atoms with Crippen LogP contribution in [0.15, 0.2) is 18.2 Å². The van der Waals surface area contributed by atoms with Gasteiger partial charge in [-0.1, -0.05) is 0 Å². The number of carbonyl (C=O) groups is 3. The standard InChI is InChI=1S/C15H18F2N2O4/c1-10(20)18-6-8-19(7-5-14(21)23-2)15(22)11-3-4-12(16)13(17)9-11/h3-4,9H,5-8H2,1-2H3,(H,18,20). The lowest BCUT2D eigenvalue weighted by Crippen LogP contribution is -2.39. The average molecular weight is 328 g/mol. The zero-order valence-corrected chi connectivity index (χ0v) is 12.9. The van der Waals surface area contributed by atoms with Gasteiger partial charge in [0.2, 0.25) is 5.91 Å². The van der Waals surface area contributed by atoms with E-state index in [0.717, 1.165) is 18.2 Å². The molecule has 1 aromatic rings. The van der Waals surface area contributed by atoms with E-state index < -0.39 is 23.5 Å². The molecule has 1 N–H and O–H groups in total. The summed E-state index contributed by atoms with van der Waals surface area (Å²) in [5.74, 6) is -3.53. The van der Waals surface area contributed by atoms with E-state index >= 15 is 0 Å². The molecule has 0 aliphatic rings. The highest BCUT2D eigenvalue weighted by atomic mass is 19.2. The molecule has 0 aliphatic heterocycles. The van der Waals surface area contributed by atoms with Gasteiger partial charge in [0.1, 0.15) is 0 Å². The number of nitrogens with zero attached hydrogens (tertiary/aromatic N) is 1. The SMILES string of the molecule is COC(=O)CCN(CCNC(C)=O)C(=O)c1ccc(F)c(F)c1. The number of benzene rings is 1. The Labute approximate surface area is 132 Å². The van der Waals surface area contributed by atoms with Gasteiger partial charge in [0, 0.05) is 32.1 Å². The fraction of sp³-hybridized carbons (Fsp3) is 0.400. The molecule has 126 valence electrons. The van der Waals surface area contributed by atoms with E-state index in [9.17, 15) is 23.2 Å². The quantitative estimate of drug-likeness (QED) is 0.761. The van der Waals surface area contributed by atoms with Crippen molar-refractivity contribution in [3.8, 4) is 0 Å². The van der Waals surface area contributed by atoms with Crippen LogP contribution in [0.2, 0.25) is 0 Å². The van der Waals surface area contributed by atoms with Crippen molar-refractivity contribution in [2.24, 2.45) is 0 Å². The van der Waals surface area contributed by atoms with Gasteiger partial charge in [0.25, 0.3) is 5.91 Å². The Morgan fingerprint density at radius 3 is 2.43 bits per heavy atom. The number of amides is 2. The summed E-state index contributed by atoms with van der Waals surface area (Å²) in [4.78, 5) is 35.7. The van der Waals surface area contributed by atoms with Crippen LogP contribution in [-0.2, 0) is 14.3 Å². The summed E-state index contributed by atoms with van der Waals surface area (Å²) in [6, 6.07) is 2.81. The monoisotopic (exact) mass is 328 g/mol. The van der Waals surface area contributed by atoms with Crippen LogP contribution in [-0.4, -0.2) is 49.4 Å². The average Bonchev–Trinajstić information content (AvgIpc) is 2.51. The third-order valence-electron chi connectivity index (χ3n) is 3.02. The molecule has 0 aliphatic carbocycles. The van der Waals surface area contributed by atoms with E-state index in [1.54, 1.807) is 0 Å². The van der Waals surface area contributed by atoms with Gasteiger partial charge in [0.05, 0.1) is 13.5 Å².